The van der Waals surface area contributed by atoms with Gasteiger partial charge in [-0.2, -0.15) is 0 Å². The lowest BCUT2D eigenvalue weighted by atomic mass is 9.95. The van der Waals surface area contributed by atoms with Crippen molar-refractivity contribution in [3.63, 3.8) is 0 Å². The first kappa shape index (κ1) is 13.2. The summed E-state index contributed by atoms with van der Waals surface area (Å²) in [6, 6.07) is 5.71. The van der Waals surface area contributed by atoms with E-state index in [9.17, 15) is 0 Å². The number of hydrogen-bond donors (Lipinski definition) is 1. The first-order valence-corrected chi connectivity index (χ1v) is 7.75. The van der Waals surface area contributed by atoms with Crippen LogP contribution in [0.2, 0.25) is 0 Å². The maximum atomic E-state index is 5.94. The summed E-state index contributed by atoms with van der Waals surface area (Å²) < 4.78 is 5.94. The molecule has 0 radical (unpaired) electrons. The molecule has 2 heterocycles. The van der Waals surface area contributed by atoms with Crippen LogP contribution in [-0.4, -0.2) is 23.5 Å². The smallest absolute Gasteiger partial charge is 0.118 e. The Bertz CT molecular complexity index is 411. The summed E-state index contributed by atoms with van der Waals surface area (Å²) in [4.78, 5) is 2.56. The van der Waals surface area contributed by atoms with Crippen LogP contribution < -0.4 is 5.32 Å². The summed E-state index contributed by atoms with van der Waals surface area (Å²) in [7, 11) is 0. The van der Waals surface area contributed by atoms with Crippen LogP contribution in [0.3, 0.4) is 0 Å². The molecule has 19 heavy (non-hydrogen) atoms. The SMILES string of the molecule is CC1CCC(C)N(Cc2ccc(CNC3CC3)o2)C1. The van der Waals surface area contributed by atoms with Gasteiger partial charge in [0.25, 0.3) is 0 Å². The van der Waals surface area contributed by atoms with Gasteiger partial charge in [0.15, 0.2) is 0 Å². The van der Waals surface area contributed by atoms with Gasteiger partial charge in [-0.15, -0.1) is 0 Å². The number of nitrogens with zero attached hydrogens (tertiary/aromatic N) is 1. The molecule has 0 bridgehead atoms. The van der Waals surface area contributed by atoms with E-state index in [-0.39, 0.29) is 0 Å². The van der Waals surface area contributed by atoms with Crippen LogP contribution in [0, 0.1) is 5.92 Å². The lowest BCUT2D eigenvalue weighted by Gasteiger charge is -2.36. The van der Waals surface area contributed by atoms with Gasteiger partial charge in [0.1, 0.15) is 11.5 Å². The largest absolute Gasteiger partial charge is 0.463 e. The molecule has 1 aliphatic heterocycles. The molecular weight excluding hydrogens is 236 g/mol. The zero-order chi connectivity index (χ0) is 13.2. The van der Waals surface area contributed by atoms with E-state index in [1.807, 2.05) is 0 Å². The van der Waals surface area contributed by atoms with Crippen LogP contribution in [0.15, 0.2) is 16.5 Å². The molecule has 2 fully saturated rings. The van der Waals surface area contributed by atoms with Crippen LogP contribution in [0.25, 0.3) is 0 Å². The molecule has 3 rings (SSSR count). The van der Waals surface area contributed by atoms with E-state index in [0.717, 1.165) is 36.6 Å². The Morgan fingerprint density at radius 2 is 1.95 bits per heavy atom. The Morgan fingerprint density at radius 3 is 2.74 bits per heavy atom. The van der Waals surface area contributed by atoms with Crippen molar-refractivity contribution in [1.82, 2.24) is 10.2 Å². The highest BCUT2D eigenvalue weighted by atomic mass is 16.3. The summed E-state index contributed by atoms with van der Waals surface area (Å²) in [6.07, 6.45) is 5.35. The minimum absolute atomic E-state index is 0.689. The van der Waals surface area contributed by atoms with Gasteiger partial charge in [0, 0.05) is 18.6 Å². The van der Waals surface area contributed by atoms with Gasteiger partial charge in [-0.25, -0.2) is 0 Å². The number of likely N-dealkylation sites (tertiary alicyclic amines) is 1. The predicted molar refractivity (Wildman–Crippen MR) is 76.8 cm³/mol. The van der Waals surface area contributed by atoms with Crippen molar-refractivity contribution >= 4 is 0 Å². The van der Waals surface area contributed by atoms with E-state index in [0.29, 0.717) is 6.04 Å². The Kier molecular flexibility index (Phi) is 3.94. The molecule has 106 valence electrons. The summed E-state index contributed by atoms with van der Waals surface area (Å²) in [5.41, 5.74) is 0. The van der Waals surface area contributed by atoms with Gasteiger partial charge < -0.3 is 9.73 Å². The average molecular weight is 262 g/mol. The molecule has 1 saturated carbocycles. The molecule has 2 aliphatic rings. The maximum Gasteiger partial charge on any atom is 0.118 e. The lowest BCUT2D eigenvalue weighted by Crippen LogP contribution is -2.40. The number of nitrogens with one attached hydrogen (secondary N) is 1. The Hall–Kier alpha value is -0.800. The van der Waals surface area contributed by atoms with Gasteiger partial charge in [-0.1, -0.05) is 6.92 Å². The molecule has 1 N–H and O–H groups in total. The monoisotopic (exact) mass is 262 g/mol. The van der Waals surface area contributed by atoms with Gasteiger partial charge in [0.05, 0.1) is 13.1 Å². The van der Waals surface area contributed by atoms with Crippen LogP contribution in [0.5, 0.6) is 0 Å². The molecule has 1 aliphatic carbocycles. The highest BCUT2D eigenvalue weighted by Gasteiger charge is 2.24. The van der Waals surface area contributed by atoms with Crippen LogP contribution in [0.4, 0.5) is 0 Å². The van der Waals surface area contributed by atoms with Crippen molar-refractivity contribution in [2.75, 3.05) is 6.54 Å². The van der Waals surface area contributed by atoms with Crippen molar-refractivity contribution < 1.29 is 4.42 Å². The minimum Gasteiger partial charge on any atom is -0.463 e. The standard InChI is InChI=1S/C16H26N2O/c1-12-3-4-13(2)18(10-12)11-16-8-7-15(19-16)9-17-14-5-6-14/h7-8,12-14,17H,3-6,9-11H2,1-2H3. The normalized spacial score (nSPS) is 28.7. The Morgan fingerprint density at radius 1 is 1.16 bits per heavy atom. The maximum absolute atomic E-state index is 5.94. The fourth-order valence-corrected chi connectivity index (χ4v) is 2.94. The highest BCUT2D eigenvalue weighted by molar-refractivity contribution is 5.08. The van der Waals surface area contributed by atoms with Gasteiger partial charge in [0.2, 0.25) is 0 Å². The van der Waals surface area contributed by atoms with E-state index in [1.165, 1.54) is 32.2 Å². The summed E-state index contributed by atoms with van der Waals surface area (Å²) in [6.45, 7) is 7.75. The summed E-state index contributed by atoms with van der Waals surface area (Å²) >= 11 is 0. The molecule has 0 amide bonds. The lowest BCUT2D eigenvalue weighted by molar-refractivity contribution is 0.108. The van der Waals surface area contributed by atoms with Gasteiger partial charge in [-0.05, 0) is 50.7 Å². The number of piperidine rings is 1. The third kappa shape index (κ3) is 3.61. The van der Waals surface area contributed by atoms with E-state index in [2.05, 4.69) is 36.2 Å². The molecule has 3 nitrogen and oxygen atoms in total. The van der Waals surface area contributed by atoms with Crippen molar-refractivity contribution in [3.05, 3.63) is 23.7 Å². The fourth-order valence-electron chi connectivity index (χ4n) is 2.94. The molecule has 2 atom stereocenters. The number of furan rings is 1. The zero-order valence-electron chi connectivity index (χ0n) is 12.2. The van der Waals surface area contributed by atoms with Gasteiger partial charge in [-0.3, -0.25) is 4.90 Å². The predicted octanol–water partition coefficient (Wildman–Crippen LogP) is 3.15. The third-order valence-corrected chi connectivity index (χ3v) is 4.47. The number of hydrogen-bond acceptors (Lipinski definition) is 3. The molecule has 0 spiro atoms. The van der Waals surface area contributed by atoms with Crippen molar-refractivity contribution in [3.8, 4) is 0 Å². The second-order valence-corrected chi connectivity index (χ2v) is 6.48. The van der Waals surface area contributed by atoms with Crippen LogP contribution in [-0.2, 0) is 13.1 Å². The third-order valence-electron chi connectivity index (χ3n) is 4.47. The fraction of sp³-hybridized carbons (Fsp3) is 0.750. The molecule has 3 heteroatoms. The average Bonchev–Trinajstić information content (AvgIpc) is 3.12. The van der Waals surface area contributed by atoms with E-state index < -0.39 is 0 Å². The summed E-state index contributed by atoms with van der Waals surface area (Å²) in [5.74, 6) is 3.02. The van der Waals surface area contributed by atoms with Crippen LogP contribution >= 0.6 is 0 Å². The molecular formula is C16H26N2O. The molecule has 1 aromatic heterocycles. The van der Waals surface area contributed by atoms with Crippen molar-refractivity contribution in [1.29, 1.82) is 0 Å². The first-order valence-electron chi connectivity index (χ1n) is 7.75. The molecule has 2 unspecified atom stereocenters. The van der Waals surface area contributed by atoms with Crippen molar-refractivity contribution in [2.45, 2.75) is 64.7 Å². The number of rotatable bonds is 5. The zero-order valence-corrected chi connectivity index (χ0v) is 12.2. The Labute approximate surface area is 116 Å². The molecule has 0 aromatic carbocycles. The topological polar surface area (TPSA) is 28.4 Å². The van der Waals surface area contributed by atoms with E-state index in [1.54, 1.807) is 0 Å². The molecule has 1 aromatic rings. The van der Waals surface area contributed by atoms with Crippen molar-refractivity contribution in [2.24, 2.45) is 5.92 Å². The van der Waals surface area contributed by atoms with E-state index in [4.69, 9.17) is 4.42 Å². The minimum atomic E-state index is 0.689. The molecule has 1 saturated heterocycles. The van der Waals surface area contributed by atoms with Gasteiger partial charge >= 0.3 is 0 Å². The highest BCUT2D eigenvalue weighted by Crippen LogP contribution is 2.24. The van der Waals surface area contributed by atoms with Crippen LogP contribution in [0.1, 0.15) is 51.1 Å². The second kappa shape index (κ2) is 5.68. The Balaban J connectivity index is 1.53. The summed E-state index contributed by atoms with van der Waals surface area (Å²) in [5, 5.41) is 3.50. The van der Waals surface area contributed by atoms with E-state index >= 15 is 0 Å². The second-order valence-electron chi connectivity index (χ2n) is 6.48. The first-order chi connectivity index (χ1) is 9.20. The quantitative estimate of drug-likeness (QED) is 0.883.